The van der Waals surface area contributed by atoms with Crippen molar-refractivity contribution in [1.82, 2.24) is 18.9 Å². The molecule has 2 aromatic rings. The first-order valence-electron chi connectivity index (χ1n) is 7.90. The van der Waals surface area contributed by atoms with E-state index in [0.29, 0.717) is 12.2 Å². The van der Waals surface area contributed by atoms with Gasteiger partial charge in [0, 0.05) is 25.2 Å². The maximum atomic E-state index is 13.3. The first-order valence-corrected chi connectivity index (χ1v) is 9.30. The smallest absolute Gasteiger partial charge is 0.316 e. The lowest BCUT2D eigenvalue weighted by Gasteiger charge is -2.29. The van der Waals surface area contributed by atoms with Gasteiger partial charge in [-0.05, 0) is 37.4 Å². The minimum absolute atomic E-state index is 0. The third kappa shape index (κ3) is 3.83. The molecule has 1 unspecified atom stereocenters. The minimum Gasteiger partial charge on any atom is -0.316 e. The van der Waals surface area contributed by atoms with Crippen LogP contribution in [0, 0.1) is 0 Å². The van der Waals surface area contributed by atoms with E-state index in [4.69, 9.17) is 0 Å². The molecule has 1 aliphatic rings. The first-order chi connectivity index (χ1) is 12.1. The summed E-state index contributed by atoms with van der Waals surface area (Å²) in [6.45, 7) is 0.575. The molecule has 1 aromatic carbocycles. The predicted molar refractivity (Wildman–Crippen MR) is 107 cm³/mol. The van der Waals surface area contributed by atoms with E-state index in [1.807, 2.05) is 43.4 Å². The zero-order valence-corrected chi connectivity index (χ0v) is 16.2. The Hall–Kier alpha value is -2.13. The topological polar surface area (TPSA) is 78.7 Å². The third-order valence-electron chi connectivity index (χ3n) is 3.85. The van der Waals surface area contributed by atoms with Gasteiger partial charge in [-0.15, -0.1) is 12.4 Å². The van der Waals surface area contributed by atoms with Gasteiger partial charge >= 0.3 is 10.2 Å². The molecular weight excluding hydrogens is 374 g/mol. The Balaban J connectivity index is 0.00000243. The van der Waals surface area contributed by atoms with E-state index in [1.54, 1.807) is 25.5 Å². The Morgan fingerprint density at radius 1 is 1.19 bits per heavy atom. The van der Waals surface area contributed by atoms with Crippen molar-refractivity contribution in [2.24, 2.45) is 4.99 Å². The second-order valence-corrected chi connectivity index (χ2v) is 7.28. The van der Waals surface area contributed by atoms with Crippen molar-refractivity contribution in [2.75, 3.05) is 14.1 Å². The van der Waals surface area contributed by atoms with Crippen molar-refractivity contribution in [3.05, 3.63) is 60.4 Å². The molecule has 140 valence electrons. The number of nitrogens with one attached hydrogen (secondary N) is 2. The average Bonchev–Trinajstić information content (AvgIpc) is 3.07. The Kier molecular flexibility index (Phi) is 6.60. The van der Waals surface area contributed by atoms with Gasteiger partial charge in [-0.2, -0.15) is 8.42 Å². The largest absolute Gasteiger partial charge is 0.332 e. The standard InChI is InChI=1S/C17H21N5O2S.ClH/c1-18-12-14-11-16(15-7-4-3-5-8-15)22(13-14)25(23,24)21-10-6-9-20-17(21)19-2;/h3-11,13,17-19H,12H2,1-2H3;1H. The minimum atomic E-state index is -3.84. The van der Waals surface area contributed by atoms with Crippen LogP contribution in [0.1, 0.15) is 5.56 Å². The summed E-state index contributed by atoms with van der Waals surface area (Å²) >= 11 is 0. The summed E-state index contributed by atoms with van der Waals surface area (Å²) in [6, 6.07) is 11.3. The van der Waals surface area contributed by atoms with Crippen LogP contribution in [0.2, 0.25) is 0 Å². The van der Waals surface area contributed by atoms with Crippen molar-refractivity contribution in [3.8, 4) is 11.3 Å². The van der Waals surface area contributed by atoms with E-state index in [2.05, 4.69) is 15.6 Å². The summed E-state index contributed by atoms with van der Waals surface area (Å²) in [7, 11) is -0.343. The fourth-order valence-electron chi connectivity index (χ4n) is 2.72. The monoisotopic (exact) mass is 395 g/mol. The number of aliphatic imine (C=N–C) groups is 1. The van der Waals surface area contributed by atoms with E-state index in [-0.39, 0.29) is 12.4 Å². The van der Waals surface area contributed by atoms with Crippen LogP contribution < -0.4 is 10.6 Å². The van der Waals surface area contributed by atoms with Crippen LogP contribution in [-0.4, -0.2) is 43.3 Å². The van der Waals surface area contributed by atoms with Crippen LogP contribution in [-0.2, 0) is 16.8 Å². The van der Waals surface area contributed by atoms with Gasteiger partial charge in [-0.3, -0.25) is 10.3 Å². The lowest BCUT2D eigenvalue weighted by atomic mass is 10.1. The third-order valence-corrected chi connectivity index (χ3v) is 5.51. The Bertz CT molecular complexity index is 893. The molecule has 0 amide bonds. The summed E-state index contributed by atoms with van der Waals surface area (Å²) in [4.78, 5) is 4.16. The molecular formula is C17H22ClN5O2S. The van der Waals surface area contributed by atoms with Crippen molar-refractivity contribution in [1.29, 1.82) is 0 Å². The number of halogens is 1. The molecule has 9 heteroatoms. The number of hydrogen-bond acceptors (Lipinski definition) is 5. The molecule has 1 aromatic heterocycles. The van der Waals surface area contributed by atoms with Crippen LogP contribution in [0.3, 0.4) is 0 Å². The summed E-state index contributed by atoms with van der Waals surface area (Å²) in [6.07, 6.45) is 5.66. The van der Waals surface area contributed by atoms with Crippen LogP contribution in [0.15, 0.2) is 59.9 Å². The average molecular weight is 396 g/mol. The van der Waals surface area contributed by atoms with Gasteiger partial charge in [0.1, 0.15) is 0 Å². The van der Waals surface area contributed by atoms with Crippen LogP contribution in [0.25, 0.3) is 11.3 Å². The van der Waals surface area contributed by atoms with Gasteiger partial charge in [-0.1, -0.05) is 30.3 Å². The Morgan fingerprint density at radius 2 is 1.92 bits per heavy atom. The summed E-state index contributed by atoms with van der Waals surface area (Å²) < 4.78 is 29.1. The number of aromatic nitrogens is 1. The van der Waals surface area contributed by atoms with Gasteiger partial charge in [0.05, 0.1) is 5.69 Å². The summed E-state index contributed by atoms with van der Waals surface area (Å²) in [5, 5.41) is 5.95. The van der Waals surface area contributed by atoms with Gasteiger partial charge < -0.3 is 5.32 Å². The number of benzene rings is 1. The second-order valence-electron chi connectivity index (χ2n) is 5.57. The lowest BCUT2D eigenvalue weighted by molar-refractivity contribution is 0.361. The molecule has 2 heterocycles. The molecule has 0 radical (unpaired) electrons. The molecule has 2 N–H and O–H groups in total. The van der Waals surface area contributed by atoms with Gasteiger partial charge in [0.15, 0.2) is 6.29 Å². The highest BCUT2D eigenvalue weighted by molar-refractivity contribution is 7.87. The molecule has 7 nitrogen and oxygen atoms in total. The van der Waals surface area contributed by atoms with E-state index >= 15 is 0 Å². The van der Waals surface area contributed by atoms with Crippen molar-refractivity contribution < 1.29 is 8.42 Å². The highest BCUT2D eigenvalue weighted by atomic mass is 35.5. The lowest BCUT2D eigenvalue weighted by Crippen LogP contribution is -2.46. The summed E-state index contributed by atoms with van der Waals surface area (Å²) in [5.74, 6) is 0. The fourth-order valence-corrected chi connectivity index (χ4v) is 4.23. The molecule has 26 heavy (non-hydrogen) atoms. The van der Waals surface area contributed by atoms with Crippen molar-refractivity contribution >= 4 is 28.8 Å². The fraction of sp³-hybridized carbons (Fsp3) is 0.235. The molecule has 0 spiro atoms. The van der Waals surface area contributed by atoms with Crippen LogP contribution in [0.5, 0.6) is 0 Å². The molecule has 0 saturated carbocycles. The number of rotatable bonds is 6. The number of allylic oxidation sites excluding steroid dienone is 1. The molecule has 1 aliphatic heterocycles. The zero-order chi connectivity index (χ0) is 17.9. The van der Waals surface area contributed by atoms with E-state index in [0.717, 1.165) is 11.1 Å². The van der Waals surface area contributed by atoms with Gasteiger partial charge in [0.25, 0.3) is 0 Å². The maximum Gasteiger partial charge on any atom is 0.332 e. The number of hydrogen-bond donors (Lipinski definition) is 2. The van der Waals surface area contributed by atoms with Gasteiger partial charge in [-0.25, -0.2) is 8.28 Å². The molecule has 0 fully saturated rings. The van der Waals surface area contributed by atoms with Gasteiger partial charge in [0.2, 0.25) is 0 Å². The second kappa shape index (κ2) is 8.50. The normalized spacial score (nSPS) is 16.5. The number of nitrogens with zero attached hydrogens (tertiary/aromatic N) is 3. The predicted octanol–water partition coefficient (Wildman–Crippen LogP) is 1.79. The van der Waals surface area contributed by atoms with E-state index in [1.165, 1.54) is 14.5 Å². The molecule has 1 atom stereocenters. The SMILES string of the molecule is CNCc1cc(-c2ccccc2)n(S(=O)(=O)N2C=CC=NC2NC)c1.Cl. The zero-order valence-electron chi connectivity index (χ0n) is 14.5. The van der Waals surface area contributed by atoms with E-state index < -0.39 is 16.5 Å². The van der Waals surface area contributed by atoms with E-state index in [9.17, 15) is 8.42 Å². The molecule has 0 saturated heterocycles. The van der Waals surface area contributed by atoms with Crippen LogP contribution in [0.4, 0.5) is 0 Å². The highest BCUT2D eigenvalue weighted by Gasteiger charge is 2.30. The summed E-state index contributed by atoms with van der Waals surface area (Å²) in [5.41, 5.74) is 2.33. The van der Waals surface area contributed by atoms with Crippen molar-refractivity contribution in [2.45, 2.75) is 12.8 Å². The highest BCUT2D eigenvalue weighted by Crippen LogP contribution is 2.26. The Morgan fingerprint density at radius 3 is 2.58 bits per heavy atom. The molecule has 0 aliphatic carbocycles. The van der Waals surface area contributed by atoms with Crippen molar-refractivity contribution in [3.63, 3.8) is 0 Å². The van der Waals surface area contributed by atoms with Crippen LogP contribution >= 0.6 is 12.4 Å². The maximum absolute atomic E-state index is 13.3. The molecule has 3 rings (SSSR count). The Labute approximate surface area is 160 Å². The molecule has 0 bridgehead atoms. The quantitative estimate of drug-likeness (QED) is 0.781. The first kappa shape index (κ1) is 20.2.